The zero-order valence-corrected chi connectivity index (χ0v) is 15.3. The van der Waals surface area contributed by atoms with E-state index >= 15 is 0 Å². The summed E-state index contributed by atoms with van der Waals surface area (Å²) in [6.45, 7) is -0.197. The highest BCUT2D eigenvalue weighted by molar-refractivity contribution is 7.92. The number of nitrogens with one attached hydrogen (secondary N) is 2. The van der Waals surface area contributed by atoms with E-state index in [0.29, 0.717) is 22.9 Å². The predicted octanol–water partition coefficient (Wildman–Crippen LogP) is 1.27. The van der Waals surface area contributed by atoms with Gasteiger partial charge in [0.1, 0.15) is 11.5 Å². The Hall–Kier alpha value is -2.49. The molecule has 1 atom stereocenters. The van der Waals surface area contributed by atoms with Crippen molar-refractivity contribution in [3.63, 3.8) is 0 Å². The van der Waals surface area contributed by atoms with Gasteiger partial charge in [-0.2, -0.15) is 0 Å². The third kappa shape index (κ3) is 5.01. The van der Waals surface area contributed by atoms with E-state index in [1.165, 1.54) is 26.4 Å². The minimum atomic E-state index is -3.81. The summed E-state index contributed by atoms with van der Waals surface area (Å²) in [6.07, 6.45) is -0.886. The maximum absolute atomic E-state index is 12.6. The number of sulfonamides is 1. The van der Waals surface area contributed by atoms with Crippen LogP contribution >= 0.6 is 0 Å². The van der Waals surface area contributed by atoms with Crippen molar-refractivity contribution in [3.8, 4) is 11.5 Å². The molecule has 0 saturated heterocycles. The van der Waals surface area contributed by atoms with Crippen LogP contribution in [0.15, 0.2) is 47.4 Å². The number of hydrogen-bond donors (Lipinski definition) is 4. The molecule has 2 aromatic carbocycles. The van der Waals surface area contributed by atoms with E-state index in [0.717, 1.165) is 0 Å². The van der Waals surface area contributed by atoms with E-state index in [9.17, 15) is 13.5 Å². The minimum absolute atomic E-state index is 0.0728. The maximum atomic E-state index is 12.6. The smallest absolute Gasteiger partial charge is 0.262 e. The third-order valence-electron chi connectivity index (χ3n) is 3.57. The first-order valence-electron chi connectivity index (χ1n) is 7.77. The molecule has 0 heterocycles. The second-order valence-electron chi connectivity index (χ2n) is 5.41. The van der Waals surface area contributed by atoms with E-state index in [-0.39, 0.29) is 18.0 Å². The summed E-state index contributed by atoms with van der Waals surface area (Å²) < 4.78 is 37.9. The fraction of sp³-hybridized carbons (Fsp3) is 0.294. The monoisotopic (exact) mass is 382 g/mol. The fourth-order valence-corrected chi connectivity index (χ4v) is 3.21. The molecule has 2 rings (SSSR count). The first-order valence-corrected chi connectivity index (χ1v) is 9.25. The van der Waals surface area contributed by atoms with Gasteiger partial charge in [-0.25, -0.2) is 8.42 Å². The Bertz CT molecular complexity index is 824. The number of hydrogen-bond acceptors (Lipinski definition) is 7. The summed E-state index contributed by atoms with van der Waals surface area (Å²) in [7, 11) is -0.860. The van der Waals surface area contributed by atoms with Crippen LogP contribution < -0.4 is 19.5 Å². The van der Waals surface area contributed by atoms with Crippen molar-refractivity contribution in [2.45, 2.75) is 11.0 Å². The van der Waals surface area contributed by atoms with Gasteiger partial charge in [0.2, 0.25) is 0 Å². The summed E-state index contributed by atoms with van der Waals surface area (Å²) in [4.78, 5) is 0.0728. The van der Waals surface area contributed by atoms with Crippen molar-refractivity contribution < 1.29 is 28.1 Å². The lowest BCUT2D eigenvalue weighted by Crippen LogP contribution is -2.22. The van der Waals surface area contributed by atoms with Gasteiger partial charge in [-0.05, 0) is 36.4 Å². The quantitative estimate of drug-likeness (QED) is 0.516. The summed E-state index contributed by atoms with van der Waals surface area (Å²) in [5.41, 5.74) is 0.917. The highest BCUT2D eigenvalue weighted by atomic mass is 32.2. The molecule has 4 N–H and O–H groups in total. The van der Waals surface area contributed by atoms with Gasteiger partial charge in [-0.3, -0.25) is 4.72 Å². The molecule has 0 aromatic heterocycles. The first-order chi connectivity index (χ1) is 12.4. The van der Waals surface area contributed by atoms with Gasteiger partial charge >= 0.3 is 0 Å². The van der Waals surface area contributed by atoms with Crippen LogP contribution in [0.2, 0.25) is 0 Å². The molecule has 9 heteroatoms. The average Bonchev–Trinajstić information content (AvgIpc) is 2.66. The van der Waals surface area contributed by atoms with Crippen LogP contribution in [-0.4, -0.2) is 52.1 Å². The fourth-order valence-electron chi connectivity index (χ4n) is 2.14. The van der Waals surface area contributed by atoms with Crippen LogP contribution in [0.25, 0.3) is 0 Å². The van der Waals surface area contributed by atoms with Crippen molar-refractivity contribution in [3.05, 3.63) is 42.5 Å². The van der Waals surface area contributed by atoms with Gasteiger partial charge in [0, 0.05) is 18.3 Å². The van der Waals surface area contributed by atoms with Gasteiger partial charge in [-0.15, -0.1) is 0 Å². The van der Waals surface area contributed by atoms with Gasteiger partial charge < -0.3 is 25.0 Å². The molecule has 0 aliphatic heterocycles. The molecule has 2 aromatic rings. The zero-order valence-electron chi connectivity index (χ0n) is 14.5. The molecule has 1 unspecified atom stereocenters. The van der Waals surface area contributed by atoms with E-state index in [2.05, 4.69) is 10.0 Å². The Balaban J connectivity index is 2.15. The maximum Gasteiger partial charge on any atom is 0.262 e. The van der Waals surface area contributed by atoms with Crippen LogP contribution in [0, 0.1) is 0 Å². The average molecular weight is 382 g/mol. The standard InChI is InChI=1S/C17H22N2O6S/c1-24-14-5-8-16(17(9-14)25-2)19-26(22,23)15-6-3-12(4-7-15)18-10-13(21)11-20/h3-9,13,18-21H,10-11H2,1-2H3. The summed E-state index contributed by atoms with van der Waals surface area (Å²) >= 11 is 0. The lowest BCUT2D eigenvalue weighted by atomic mass is 10.3. The molecular weight excluding hydrogens is 360 g/mol. The number of aliphatic hydroxyl groups excluding tert-OH is 2. The van der Waals surface area contributed by atoms with Crippen molar-refractivity contribution in [1.82, 2.24) is 0 Å². The number of ether oxygens (including phenoxy) is 2. The Morgan fingerprint density at radius 3 is 2.35 bits per heavy atom. The molecule has 8 nitrogen and oxygen atoms in total. The molecule has 142 valence electrons. The Morgan fingerprint density at radius 2 is 1.77 bits per heavy atom. The van der Waals surface area contributed by atoms with E-state index in [1.54, 1.807) is 30.3 Å². The summed E-state index contributed by atoms with van der Waals surface area (Å²) in [6, 6.07) is 10.8. The lowest BCUT2D eigenvalue weighted by Gasteiger charge is -2.14. The van der Waals surface area contributed by atoms with Gasteiger partial charge in [0.25, 0.3) is 10.0 Å². The van der Waals surface area contributed by atoms with E-state index in [1.807, 2.05) is 0 Å². The minimum Gasteiger partial charge on any atom is -0.497 e. The van der Waals surface area contributed by atoms with Gasteiger partial charge in [0.05, 0.1) is 37.5 Å². The Labute approximate surface area is 152 Å². The van der Waals surface area contributed by atoms with Crippen LogP contribution in [-0.2, 0) is 10.0 Å². The molecule has 0 aliphatic rings. The van der Waals surface area contributed by atoms with Crippen molar-refractivity contribution in [1.29, 1.82) is 0 Å². The molecular formula is C17H22N2O6S. The Kier molecular flexibility index (Phi) is 6.67. The SMILES string of the molecule is COc1ccc(NS(=O)(=O)c2ccc(NCC(O)CO)cc2)c(OC)c1. The van der Waals surface area contributed by atoms with Crippen molar-refractivity contribution >= 4 is 21.4 Å². The van der Waals surface area contributed by atoms with Gasteiger partial charge in [0.15, 0.2) is 0 Å². The van der Waals surface area contributed by atoms with Crippen LogP contribution in [0.1, 0.15) is 0 Å². The summed E-state index contributed by atoms with van der Waals surface area (Å²) in [5, 5.41) is 21.0. The van der Waals surface area contributed by atoms with E-state index in [4.69, 9.17) is 14.6 Å². The Morgan fingerprint density at radius 1 is 1.08 bits per heavy atom. The lowest BCUT2D eigenvalue weighted by molar-refractivity contribution is 0.105. The molecule has 0 saturated carbocycles. The molecule has 0 fully saturated rings. The predicted molar refractivity (Wildman–Crippen MR) is 98.4 cm³/mol. The van der Waals surface area contributed by atoms with Crippen molar-refractivity contribution in [2.75, 3.05) is 37.4 Å². The van der Waals surface area contributed by atoms with Gasteiger partial charge in [-0.1, -0.05) is 0 Å². The second-order valence-corrected chi connectivity index (χ2v) is 7.10. The summed E-state index contributed by atoms with van der Waals surface area (Å²) in [5.74, 6) is 0.884. The van der Waals surface area contributed by atoms with Crippen LogP contribution in [0.4, 0.5) is 11.4 Å². The topological polar surface area (TPSA) is 117 Å². The van der Waals surface area contributed by atoms with E-state index < -0.39 is 16.1 Å². The highest BCUT2D eigenvalue weighted by Gasteiger charge is 2.17. The largest absolute Gasteiger partial charge is 0.497 e. The second kappa shape index (κ2) is 8.75. The molecule has 0 aliphatic carbocycles. The highest BCUT2D eigenvalue weighted by Crippen LogP contribution is 2.31. The molecule has 26 heavy (non-hydrogen) atoms. The van der Waals surface area contributed by atoms with Crippen LogP contribution in [0.3, 0.4) is 0 Å². The first kappa shape index (κ1) is 19.8. The number of benzene rings is 2. The number of anilines is 2. The molecule has 0 radical (unpaired) electrons. The molecule has 0 amide bonds. The zero-order chi connectivity index (χ0) is 19.2. The van der Waals surface area contributed by atoms with Crippen LogP contribution in [0.5, 0.6) is 11.5 Å². The molecule has 0 spiro atoms. The normalized spacial score (nSPS) is 12.3. The third-order valence-corrected chi connectivity index (χ3v) is 4.95. The number of rotatable bonds is 9. The van der Waals surface area contributed by atoms with Crippen molar-refractivity contribution in [2.24, 2.45) is 0 Å². The molecule has 0 bridgehead atoms. The number of methoxy groups -OCH3 is 2. The number of aliphatic hydroxyl groups is 2.